The van der Waals surface area contributed by atoms with Gasteiger partial charge >= 0.3 is 0 Å². The Morgan fingerprint density at radius 3 is 2.38 bits per heavy atom. The highest BCUT2D eigenvalue weighted by Gasteiger charge is 2.33. The third-order valence-corrected chi connectivity index (χ3v) is 7.38. The van der Waals surface area contributed by atoms with Crippen molar-refractivity contribution in [2.75, 3.05) is 28.3 Å². The smallest absolute Gasteiger partial charge is 0.268 e. The number of allylic oxidation sites excluding steroid dienone is 2. The summed E-state index contributed by atoms with van der Waals surface area (Å²) < 4.78 is 0. The molecule has 0 spiro atoms. The molecule has 0 saturated heterocycles. The first-order valence-electron chi connectivity index (χ1n) is 14.8. The second kappa shape index (κ2) is 18.8. The molecule has 3 unspecified atom stereocenters. The summed E-state index contributed by atoms with van der Waals surface area (Å²) in [6.07, 6.45) is 14.0. The molecule has 0 bridgehead atoms. The molecule has 0 aromatic carbocycles. The van der Waals surface area contributed by atoms with Gasteiger partial charge in [-0.2, -0.15) is 0 Å². The molecule has 1 aliphatic heterocycles. The summed E-state index contributed by atoms with van der Waals surface area (Å²) >= 11 is 0. The molecule has 224 valence electrons. The highest BCUT2D eigenvalue weighted by Crippen LogP contribution is 2.23. The van der Waals surface area contributed by atoms with E-state index in [1.165, 1.54) is 38.3 Å². The van der Waals surface area contributed by atoms with Gasteiger partial charge in [-0.05, 0) is 56.8 Å². The zero-order valence-electron chi connectivity index (χ0n) is 25.5. The van der Waals surface area contributed by atoms with Gasteiger partial charge in [-0.25, -0.2) is 5.06 Å². The van der Waals surface area contributed by atoms with Gasteiger partial charge in [0, 0.05) is 33.5 Å². The lowest BCUT2D eigenvalue weighted by Crippen LogP contribution is -2.55. The Hall–Kier alpha value is -2.42. The van der Waals surface area contributed by atoms with Crippen LogP contribution in [0.15, 0.2) is 12.2 Å². The number of carbonyl (C=O) groups excluding carboxylic acids is 4. The Labute approximate surface area is 236 Å². The predicted molar refractivity (Wildman–Crippen MR) is 154 cm³/mol. The Morgan fingerprint density at radius 2 is 1.77 bits per heavy atom. The second-order valence-corrected chi connectivity index (χ2v) is 11.6. The molecule has 0 radical (unpaired) electrons. The van der Waals surface area contributed by atoms with Gasteiger partial charge in [0.1, 0.15) is 12.1 Å². The molecule has 9 nitrogen and oxygen atoms in total. The third-order valence-electron chi connectivity index (χ3n) is 7.38. The van der Waals surface area contributed by atoms with Crippen molar-refractivity contribution in [3.63, 3.8) is 0 Å². The Kier molecular flexibility index (Phi) is 16.7. The number of carbonyl (C=O) groups is 4. The minimum absolute atomic E-state index is 0.105. The van der Waals surface area contributed by atoms with E-state index < -0.39 is 29.8 Å². The summed E-state index contributed by atoms with van der Waals surface area (Å²) in [6.45, 7) is 6.18. The van der Waals surface area contributed by atoms with Gasteiger partial charge in [-0.3, -0.25) is 24.0 Å². The van der Waals surface area contributed by atoms with Crippen LogP contribution in [0.5, 0.6) is 0 Å². The van der Waals surface area contributed by atoms with Gasteiger partial charge in [0.05, 0.1) is 7.11 Å². The molecule has 39 heavy (non-hydrogen) atoms. The van der Waals surface area contributed by atoms with Crippen LogP contribution >= 0.6 is 0 Å². The van der Waals surface area contributed by atoms with E-state index in [9.17, 15) is 19.2 Å². The monoisotopic (exact) mass is 550 g/mol. The van der Waals surface area contributed by atoms with E-state index >= 15 is 0 Å². The normalized spacial score (nSPS) is 24.5. The second-order valence-electron chi connectivity index (χ2n) is 11.6. The average Bonchev–Trinajstić information content (AvgIpc) is 2.88. The minimum atomic E-state index is -0.976. The molecule has 0 fully saturated rings. The van der Waals surface area contributed by atoms with Gasteiger partial charge in [0.2, 0.25) is 17.7 Å². The molecule has 4 atom stereocenters. The topological polar surface area (TPSA) is 108 Å². The number of hydrogen-bond acceptors (Lipinski definition) is 5. The highest BCUT2D eigenvalue weighted by atomic mass is 16.7. The fraction of sp³-hybridized carbons (Fsp3) is 0.800. The summed E-state index contributed by atoms with van der Waals surface area (Å²) in [5, 5.41) is 6.89. The van der Waals surface area contributed by atoms with Crippen LogP contribution in [-0.2, 0) is 24.0 Å². The molecular formula is C30H54N4O5. The predicted octanol–water partition coefficient (Wildman–Crippen LogP) is 4.22. The van der Waals surface area contributed by atoms with Crippen molar-refractivity contribution >= 4 is 23.6 Å². The lowest BCUT2D eigenvalue weighted by molar-refractivity contribution is -0.172. The van der Waals surface area contributed by atoms with Crippen molar-refractivity contribution < 1.29 is 24.0 Å². The number of hydrogen-bond donors (Lipinski definition) is 2. The maximum atomic E-state index is 13.5. The standard InChI is InChI=1S/C30H54N4O5/c1-8-9-10-13-16-23-17-14-11-12-15-18-24(29(37)33(4)5)21-26(30(38)34(6)39-7)32-28(36)25(19-22(2)3)31-27(35)20-23/h12,15,22-26H,8-11,13-14,16-21H2,1-7H3,(H,31,35)(H,32,36)/b15-12-/t23?,24?,25-,26?/m1/s1. The lowest BCUT2D eigenvalue weighted by Gasteiger charge is -2.29. The van der Waals surface area contributed by atoms with Crippen molar-refractivity contribution in [3.05, 3.63) is 12.2 Å². The zero-order chi connectivity index (χ0) is 29.4. The summed E-state index contributed by atoms with van der Waals surface area (Å²) in [4.78, 5) is 59.5. The fourth-order valence-corrected chi connectivity index (χ4v) is 5.08. The summed E-state index contributed by atoms with van der Waals surface area (Å²) in [5.41, 5.74) is 0. The summed E-state index contributed by atoms with van der Waals surface area (Å²) in [5.74, 6) is -1.18. The number of rotatable bonds is 10. The summed E-state index contributed by atoms with van der Waals surface area (Å²) in [7, 11) is 6.23. The van der Waals surface area contributed by atoms with E-state index in [1.54, 1.807) is 14.1 Å². The van der Waals surface area contributed by atoms with E-state index in [-0.39, 0.29) is 30.1 Å². The lowest BCUT2D eigenvalue weighted by atomic mass is 9.90. The molecule has 0 aromatic heterocycles. The van der Waals surface area contributed by atoms with Gasteiger partial charge in [0.15, 0.2) is 0 Å². The first kappa shape index (κ1) is 34.6. The largest absolute Gasteiger partial charge is 0.349 e. The van der Waals surface area contributed by atoms with Gasteiger partial charge in [0.25, 0.3) is 5.91 Å². The van der Waals surface area contributed by atoms with Crippen molar-refractivity contribution in [3.8, 4) is 0 Å². The van der Waals surface area contributed by atoms with Crippen molar-refractivity contribution in [1.29, 1.82) is 0 Å². The van der Waals surface area contributed by atoms with Crippen molar-refractivity contribution in [2.45, 2.75) is 110 Å². The van der Waals surface area contributed by atoms with Crippen LogP contribution in [0.25, 0.3) is 0 Å². The van der Waals surface area contributed by atoms with E-state index in [4.69, 9.17) is 4.84 Å². The quantitative estimate of drug-likeness (QED) is 0.241. The number of nitrogens with zero attached hydrogens (tertiary/aromatic N) is 2. The van der Waals surface area contributed by atoms with Crippen molar-refractivity contribution in [1.82, 2.24) is 20.6 Å². The van der Waals surface area contributed by atoms with Gasteiger partial charge < -0.3 is 15.5 Å². The molecule has 0 saturated carbocycles. The van der Waals surface area contributed by atoms with Crippen LogP contribution in [0, 0.1) is 17.8 Å². The van der Waals surface area contributed by atoms with Crippen LogP contribution in [0.4, 0.5) is 0 Å². The van der Waals surface area contributed by atoms with Crippen LogP contribution in [-0.4, -0.2) is 73.9 Å². The molecular weight excluding hydrogens is 496 g/mol. The first-order valence-corrected chi connectivity index (χ1v) is 14.8. The molecule has 4 amide bonds. The van der Waals surface area contributed by atoms with Crippen molar-refractivity contribution in [2.24, 2.45) is 17.8 Å². The third kappa shape index (κ3) is 13.5. The van der Waals surface area contributed by atoms with Crippen LogP contribution < -0.4 is 10.6 Å². The molecule has 2 N–H and O–H groups in total. The van der Waals surface area contributed by atoms with Crippen LogP contribution in [0.1, 0.15) is 97.8 Å². The number of unbranched alkanes of at least 4 members (excludes halogenated alkanes) is 3. The fourth-order valence-electron chi connectivity index (χ4n) is 5.08. The number of hydroxylamine groups is 2. The van der Waals surface area contributed by atoms with Gasteiger partial charge in [-0.15, -0.1) is 0 Å². The molecule has 1 heterocycles. The maximum Gasteiger partial charge on any atom is 0.268 e. The van der Waals surface area contributed by atoms with Crippen LogP contribution in [0.3, 0.4) is 0 Å². The van der Waals surface area contributed by atoms with Gasteiger partial charge in [-0.1, -0.05) is 58.6 Å². The SMILES string of the molecule is CCCCCCC1CCC/C=C\CC(C(=O)N(C)C)CC(C(=O)N(C)OC)NC(=O)[C@@H](CC(C)C)NC(=O)C1. The molecule has 1 aliphatic rings. The minimum Gasteiger partial charge on any atom is -0.349 e. The number of nitrogens with one attached hydrogen (secondary N) is 2. The van der Waals surface area contributed by atoms with Crippen LogP contribution in [0.2, 0.25) is 0 Å². The van der Waals surface area contributed by atoms with E-state index in [0.29, 0.717) is 19.3 Å². The number of likely N-dealkylation sites (N-methyl/N-ethyl adjacent to an activating group) is 1. The molecule has 0 aliphatic carbocycles. The van der Waals surface area contributed by atoms with E-state index in [0.717, 1.165) is 37.2 Å². The molecule has 9 heteroatoms. The highest BCUT2D eigenvalue weighted by molar-refractivity contribution is 5.92. The van der Waals surface area contributed by atoms with E-state index in [2.05, 4.69) is 23.6 Å². The zero-order valence-corrected chi connectivity index (χ0v) is 25.5. The Bertz CT molecular complexity index is 798. The number of amides is 4. The Balaban J connectivity index is 3.29. The molecule has 0 aromatic rings. The maximum absolute atomic E-state index is 13.5. The first-order chi connectivity index (χ1) is 18.5. The molecule has 1 rings (SSSR count). The van der Waals surface area contributed by atoms with E-state index in [1.807, 2.05) is 19.9 Å². The Morgan fingerprint density at radius 1 is 1.05 bits per heavy atom. The average molecular weight is 551 g/mol. The summed E-state index contributed by atoms with van der Waals surface area (Å²) in [6, 6.07) is -1.74.